The second-order valence-corrected chi connectivity index (χ2v) is 11.7. The Balaban J connectivity index is 1.19. The number of benzene rings is 7. The van der Waals surface area contributed by atoms with E-state index in [0.29, 0.717) is 0 Å². The van der Waals surface area contributed by atoms with Gasteiger partial charge in [-0.25, -0.2) is 0 Å². The molecule has 10 aromatic rings. The van der Waals surface area contributed by atoms with Gasteiger partial charge in [0.1, 0.15) is 11.2 Å². The highest BCUT2D eigenvalue weighted by atomic mass is 16.4. The number of hydrogen-bond donors (Lipinski definition) is 0. The molecule has 3 aromatic heterocycles. The van der Waals surface area contributed by atoms with E-state index in [2.05, 4.69) is 138 Å². The fourth-order valence-corrected chi connectivity index (χ4v) is 7.06. The average Bonchev–Trinajstić information content (AvgIpc) is 3.78. The van der Waals surface area contributed by atoms with Gasteiger partial charge in [0.2, 0.25) is 0 Å². The zero-order chi connectivity index (χ0) is 29.5. The predicted octanol–water partition coefficient (Wildman–Crippen LogP) is 11.9. The molecule has 0 saturated carbocycles. The maximum atomic E-state index is 6.42. The molecule has 10 rings (SSSR count). The van der Waals surface area contributed by atoms with Crippen LogP contribution in [0.1, 0.15) is 0 Å². The molecule has 0 fully saturated rings. The van der Waals surface area contributed by atoms with Crippen LogP contribution >= 0.6 is 0 Å². The van der Waals surface area contributed by atoms with Crippen LogP contribution in [0.3, 0.4) is 0 Å². The summed E-state index contributed by atoms with van der Waals surface area (Å²) in [7, 11) is 0. The first kappa shape index (κ1) is 24.4. The fourth-order valence-electron chi connectivity index (χ4n) is 7.06. The van der Waals surface area contributed by atoms with E-state index < -0.39 is 0 Å². The standard InChI is InChI=1S/C42H25NO2/c1-3-9-26(10-4-1)27-15-20-37-34(23-27)35-24-28(16-21-38(35)43(37)30-11-5-2-6-12-30)29-17-22-40-36(25-29)33-19-18-32-31-13-7-8-14-39(31)44-41(32)42(33)45-40/h1-25H. The SMILES string of the molecule is c1ccc(-c2ccc3c(c2)c2cc(-c4ccc5oc6c(ccc7c8ccccc8oc76)c5c4)ccc2n3-c2ccccc2)cc1. The number of nitrogens with zero attached hydrogens (tertiary/aromatic N) is 1. The zero-order valence-electron chi connectivity index (χ0n) is 24.2. The number of hydrogen-bond acceptors (Lipinski definition) is 2. The van der Waals surface area contributed by atoms with E-state index in [1.54, 1.807) is 0 Å². The molecule has 0 spiro atoms. The molecule has 3 heteroatoms. The van der Waals surface area contributed by atoms with Crippen molar-refractivity contribution in [1.82, 2.24) is 4.57 Å². The summed E-state index contributed by atoms with van der Waals surface area (Å²) in [6.45, 7) is 0. The van der Waals surface area contributed by atoms with E-state index in [-0.39, 0.29) is 0 Å². The van der Waals surface area contributed by atoms with Gasteiger partial charge in [0, 0.05) is 38.0 Å². The highest BCUT2D eigenvalue weighted by Gasteiger charge is 2.18. The van der Waals surface area contributed by atoms with E-state index in [1.165, 1.54) is 38.5 Å². The Hall–Kier alpha value is -6.06. The summed E-state index contributed by atoms with van der Waals surface area (Å²) in [5.41, 5.74) is 11.6. The van der Waals surface area contributed by atoms with Crippen molar-refractivity contribution in [1.29, 1.82) is 0 Å². The number of fused-ring (bicyclic) bond motifs is 10. The minimum Gasteiger partial charge on any atom is -0.452 e. The molecular formula is C42H25NO2. The van der Waals surface area contributed by atoms with E-state index in [9.17, 15) is 0 Å². The van der Waals surface area contributed by atoms with Crippen molar-refractivity contribution in [2.75, 3.05) is 0 Å². The summed E-state index contributed by atoms with van der Waals surface area (Å²) >= 11 is 0. The highest BCUT2D eigenvalue weighted by molar-refractivity contribution is 6.19. The third-order valence-corrected chi connectivity index (χ3v) is 9.20. The Bertz CT molecular complexity index is 2740. The second-order valence-electron chi connectivity index (χ2n) is 11.7. The molecule has 0 amide bonds. The monoisotopic (exact) mass is 575 g/mol. The lowest BCUT2D eigenvalue weighted by Crippen LogP contribution is -1.93. The lowest BCUT2D eigenvalue weighted by atomic mass is 9.99. The summed E-state index contributed by atoms with van der Waals surface area (Å²) in [6, 6.07) is 53.9. The summed E-state index contributed by atoms with van der Waals surface area (Å²) in [5.74, 6) is 0. The Labute approximate surface area is 258 Å². The van der Waals surface area contributed by atoms with Crippen LogP contribution in [0, 0.1) is 0 Å². The van der Waals surface area contributed by atoms with E-state index in [0.717, 1.165) is 55.1 Å². The van der Waals surface area contributed by atoms with Gasteiger partial charge in [0.25, 0.3) is 0 Å². The van der Waals surface area contributed by atoms with Crippen molar-refractivity contribution in [3.05, 3.63) is 152 Å². The quantitative estimate of drug-likeness (QED) is 0.210. The van der Waals surface area contributed by atoms with Crippen molar-refractivity contribution >= 4 is 65.7 Å². The van der Waals surface area contributed by atoms with Crippen LogP contribution in [0.5, 0.6) is 0 Å². The van der Waals surface area contributed by atoms with Crippen LogP contribution < -0.4 is 0 Å². The van der Waals surface area contributed by atoms with Crippen LogP contribution in [0.15, 0.2) is 160 Å². The van der Waals surface area contributed by atoms with Crippen LogP contribution in [0.2, 0.25) is 0 Å². The molecular weight excluding hydrogens is 550 g/mol. The first-order valence-electron chi connectivity index (χ1n) is 15.3. The summed E-state index contributed by atoms with van der Waals surface area (Å²) < 4.78 is 15.1. The predicted molar refractivity (Wildman–Crippen MR) is 186 cm³/mol. The van der Waals surface area contributed by atoms with Gasteiger partial charge in [-0.3, -0.25) is 0 Å². The Morgan fingerprint density at radius 3 is 1.53 bits per heavy atom. The molecule has 7 aromatic carbocycles. The van der Waals surface area contributed by atoms with Crippen LogP contribution in [-0.2, 0) is 0 Å². The lowest BCUT2D eigenvalue weighted by molar-refractivity contribution is 0.633. The molecule has 0 bridgehead atoms. The maximum absolute atomic E-state index is 6.42. The number of furan rings is 2. The van der Waals surface area contributed by atoms with Gasteiger partial charge in [-0.2, -0.15) is 0 Å². The summed E-state index contributed by atoms with van der Waals surface area (Å²) in [5, 5.41) is 6.79. The summed E-state index contributed by atoms with van der Waals surface area (Å²) in [4.78, 5) is 0. The normalized spacial score (nSPS) is 12.0. The van der Waals surface area contributed by atoms with Gasteiger partial charge in [0.05, 0.1) is 11.0 Å². The molecule has 0 unspecified atom stereocenters. The first-order valence-corrected chi connectivity index (χ1v) is 15.3. The van der Waals surface area contributed by atoms with E-state index in [4.69, 9.17) is 8.83 Å². The summed E-state index contributed by atoms with van der Waals surface area (Å²) in [6.07, 6.45) is 0. The van der Waals surface area contributed by atoms with Gasteiger partial charge < -0.3 is 13.4 Å². The second kappa shape index (κ2) is 9.22. The van der Waals surface area contributed by atoms with Crippen LogP contribution in [0.4, 0.5) is 0 Å². The molecule has 0 atom stereocenters. The average molecular weight is 576 g/mol. The van der Waals surface area contributed by atoms with Gasteiger partial charge in [-0.15, -0.1) is 0 Å². The molecule has 0 aliphatic rings. The van der Waals surface area contributed by atoms with Crippen LogP contribution in [-0.4, -0.2) is 4.57 Å². The van der Waals surface area contributed by atoms with Crippen molar-refractivity contribution < 1.29 is 8.83 Å². The largest absolute Gasteiger partial charge is 0.452 e. The zero-order valence-corrected chi connectivity index (χ0v) is 24.2. The van der Waals surface area contributed by atoms with Crippen molar-refractivity contribution in [3.8, 4) is 27.9 Å². The van der Waals surface area contributed by atoms with Gasteiger partial charge in [0.15, 0.2) is 11.2 Å². The molecule has 3 nitrogen and oxygen atoms in total. The molecule has 0 radical (unpaired) electrons. The number of rotatable bonds is 3. The number of aromatic nitrogens is 1. The van der Waals surface area contributed by atoms with E-state index in [1.807, 2.05) is 18.2 Å². The lowest BCUT2D eigenvalue weighted by Gasteiger charge is -2.08. The third-order valence-electron chi connectivity index (χ3n) is 9.20. The van der Waals surface area contributed by atoms with Crippen molar-refractivity contribution in [3.63, 3.8) is 0 Å². The van der Waals surface area contributed by atoms with Crippen molar-refractivity contribution in [2.24, 2.45) is 0 Å². The van der Waals surface area contributed by atoms with Gasteiger partial charge in [-0.1, -0.05) is 84.9 Å². The smallest absolute Gasteiger partial charge is 0.178 e. The molecule has 0 saturated heterocycles. The molecule has 3 heterocycles. The van der Waals surface area contributed by atoms with E-state index >= 15 is 0 Å². The molecule has 45 heavy (non-hydrogen) atoms. The molecule has 210 valence electrons. The van der Waals surface area contributed by atoms with Gasteiger partial charge in [-0.05, 0) is 89.0 Å². The molecule has 0 aliphatic heterocycles. The Morgan fingerprint density at radius 2 is 0.844 bits per heavy atom. The molecule has 0 aliphatic carbocycles. The maximum Gasteiger partial charge on any atom is 0.178 e. The third kappa shape index (κ3) is 3.58. The fraction of sp³-hybridized carbons (Fsp3) is 0. The van der Waals surface area contributed by atoms with Gasteiger partial charge >= 0.3 is 0 Å². The minimum atomic E-state index is 0.797. The molecule has 0 N–H and O–H groups in total. The minimum absolute atomic E-state index is 0.797. The Morgan fingerprint density at radius 1 is 0.333 bits per heavy atom. The van der Waals surface area contributed by atoms with Crippen molar-refractivity contribution in [2.45, 2.75) is 0 Å². The topological polar surface area (TPSA) is 31.2 Å². The Kier molecular flexibility index (Phi) is 5.00. The van der Waals surface area contributed by atoms with Crippen LogP contribution in [0.25, 0.3) is 93.6 Å². The highest BCUT2D eigenvalue weighted by Crippen LogP contribution is 2.41. The first-order chi connectivity index (χ1) is 22.3. The number of para-hydroxylation sites is 2.